The van der Waals surface area contributed by atoms with Crippen LogP contribution < -0.4 is 5.32 Å². The number of nitrogens with one attached hydrogen (secondary N) is 1. The predicted molar refractivity (Wildman–Crippen MR) is 79.5 cm³/mol. The van der Waals surface area contributed by atoms with Crippen molar-refractivity contribution < 1.29 is 0 Å². The molecule has 1 atom stereocenters. The van der Waals surface area contributed by atoms with Crippen molar-refractivity contribution in [1.29, 1.82) is 0 Å². The molecule has 1 N–H and O–H groups in total. The molecule has 0 amide bonds. The Hall–Kier alpha value is -0.300. The summed E-state index contributed by atoms with van der Waals surface area (Å²) in [6, 6.07) is 0.532. The third kappa shape index (κ3) is 12.0. The minimum atomic E-state index is 0.532. The van der Waals surface area contributed by atoms with Crippen molar-refractivity contribution in [2.24, 2.45) is 0 Å². The molecule has 0 heterocycles. The van der Waals surface area contributed by atoms with E-state index in [2.05, 4.69) is 25.7 Å². The maximum Gasteiger partial charge on any atom is 0.0247 e. The van der Waals surface area contributed by atoms with Gasteiger partial charge in [-0.25, -0.2) is 0 Å². The predicted octanol–water partition coefficient (Wildman–Crippen LogP) is 5.07. The molecule has 0 aromatic rings. The van der Waals surface area contributed by atoms with E-state index < -0.39 is 0 Å². The monoisotopic (exact) mass is 239 g/mol. The van der Waals surface area contributed by atoms with Crippen molar-refractivity contribution in [2.75, 3.05) is 6.54 Å². The van der Waals surface area contributed by atoms with Gasteiger partial charge in [-0.05, 0) is 13.0 Å². The van der Waals surface area contributed by atoms with Crippen LogP contribution in [0.3, 0.4) is 0 Å². The molecule has 17 heavy (non-hydrogen) atoms. The van der Waals surface area contributed by atoms with E-state index in [1.54, 1.807) is 0 Å². The summed E-state index contributed by atoms with van der Waals surface area (Å²) in [6.45, 7) is 9.36. The van der Waals surface area contributed by atoms with Gasteiger partial charge >= 0.3 is 0 Å². The number of likely N-dealkylation sites (N-methyl/N-ethyl adjacent to an activating group) is 1. The minimum Gasteiger partial charge on any atom is -0.311 e. The van der Waals surface area contributed by atoms with Gasteiger partial charge in [0.15, 0.2) is 0 Å². The number of hydrogen-bond donors (Lipinski definition) is 1. The number of hydrogen-bond acceptors (Lipinski definition) is 1. The van der Waals surface area contributed by atoms with Crippen LogP contribution >= 0.6 is 0 Å². The highest BCUT2D eigenvalue weighted by molar-refractivity contribution is 4.84. The molecular formula is C16H33N. The fraction of sp³-hybridized carbons (Fsp3) is 0.875. The first-order valence-electron chi connectivity index (χ1n) is 7.71. The maximum atomic E-state index is 3.87. The minimum absolute atomic E-state index is 0.532. The molecule has 1 heteroatoms. The average Bonchev–Trinajstić information content (AvgIpc) is 2.35. The van der Waals surface area contributed by atoms with E-state index >= 15 is 0 Å². The van der Waals surface area contributed by atoms with Crippen molar-refractivity contribution in [2.45, 2.75) is 84.1 Å². The van der Waals surface area contributed by atoms with Gasteiger partial charge in [0.1, 0.15) is 0 Å². The Morgan fingerprint density at radius 2 is 1.41 bits per heavy atom. The quantitative estimate of drug-likeness (QED) is 0.349. The second-order valence-corrected chi connectivity index (χ2v) is 5.02. The first-order chi connectivity index (χ1) is 8.35. The molecule has 1 nitrogen and oxygen atoms in total. The molecule has 0 aliphatic rings. The summed E-state index contributed by atoms with van der Waals surface area (Å²) >= 11 is 0. The van der Waals surface area contributed by atoms with E-state index in [-0.39, 0.29) is 0 Å². The summed E-state index contributed by atoms with van der Waals surface area (Å²) < 4.78 is 0. The van der Waals surface area contributed by atoms with Crippen molar-refractivity contribution >= 4 is 0 Å². The molecule has 0 fully saturated rings. The Morgan fingerprint density at radius 1 is 0.882 bits per heavy atom. The molecule has 0 bridgehead atoms. The van der Waals surface area contributed by atoms with Gasteiger partial charge < -0.3 is 5.32 Å². The van der Waals surface area contributed by atoms with Crippen LogP contribution in [0.25, 0.3) is 0 Å². The van der Waals surface area contributed by atoms with Gasteiger partial charge in [-0.2, -0.15) is 0 Å². The van der Waals surface area contributed by atoms with E-state index in [0.717, 1.165) is 6.54 Å². The molecular weight excluding hydrogens is 206 g/mol. The van der Waals surface area contributed by atoms with Crippen LogP contribution in [0.15, 0.2) is 12.7 Å². The fourth-order valence-corrected chi connectivity index (χ4v) is 2.24. The lowest BCUT2D eigenvalue weighted by molar-refractivity contribution is 0.512. The summed E-state index contributed by atoms with van der Waals surface area (Å²) in [6.07, 6.45) is 16.0. The second kappa shape index (κ2) is 13.8. The zero-order chi connectivity index (χ0) is 12.8. The van der Waals surface area contributed by atoms with E-state index in [1.165, 1.54) is 64.2 Å². The Balaban J connectivity index is 3.14. The van der Waals surface area contributed by atoms with E-state index in [9.17, 15) is 0 Å². The van der Waals surface area contributed by atoms with Crippen molar-refractivity contribution in [1.82, 2.24) is 5.32 Å². The topological polar surface area (TPSA) is 12.0 Å². The molecule has 0 rings (SSSR count). The number of rotatable bonds is 13. The summed E-state index contributed by atoms with van der Waals surface area (Å²) in [5.41, 5.74) is 0. The zero-order valence-corrected chi connectivity index (χ0v) is 12.1. The SMILES string of the molecule is C=CC(CCCCCCCCCCC)NCC. The second-order valence-electron chi connectivity index (χ2n) is 5.02. The third-order valence-electron chi connectivity index (χ3n) is 3.37. The van der Waals surface area contributed by atoms with Crippen LogP contribution in [-0.2, 0) is 0 Å². The molecule has 0 aromatic heterocycles. The molecule has 1 unspecified atom stereocenters. The van der Waals surface area contributed by atoms with Crippen molar-refractivity contribution in [3.05, 3.63) is 12.7 Å². The van der Waals surface area contributed by atoms with Crippen LogP contribution in [-0.4, -0.2) is 12.6 Å². The van der Waals surface area contributed by atoms with Crippen LogP contribution in [0.1, 0.15) is 78.1 Å². The van der Waals surface area contributed by atoms with E-state index in [0.29, 0.717) is 6.04 Å². The van der Waals surface area contributed by atoms with Crippen LogP contribution in [0.5, 0.6) is 0 Å². The van der Waals surface area contributed by atoms with E-state index in [1.807, 2.05) is 6.08 Å². The summed E-state index contributed by atoms with van der Waals surface area (Å²) in [5.74, 6) is 0. The van der Waals surface area contributed by atoms with Crippen molar-refractivity contribution in [3.8, 4) is 0 Å². The van der Waals surface area contributed by atoms with Gasteiger partial charge in [-0.3, -0.25) is 0 Å². The standard InChI is InChI=1S/C16H33N/c1-4-7-8-9-10-11-12-13-14-15-16(5-2)17-6-3/h5,16-17H,2,4,6-15H2,1,3H3. The Kier molecular flexibility index (Phi) is 13.5. The molecule has 0 aliphatic heterocycles. The molecule has 102 valence electrons. The summed E-state index contributed by atoms with van der Waals surface area (Å²) in [5, 5.41) is 3.44. The first-order valence-corrected chi connectivity index (χ1v) is 7.71. The summed E-state index contributed by atoms with van der Waals surface area (Å²) in [4.78, 5) is 0. The summed E-state index contributed by atoms with van der Waals surface area (Å²) in [7, 11) is 0. The van der Waals surface area contributed by atoms with Gasteiger partial charge in [0.25, 0.3) is 0 Å². The van der Waals surface area contributed by atoms with Gasteiger partial charge in [-0.15, -0.1) is 6.58 Å². The van der Waals surface area contributed by atoms with Gasteiger partial charge in [0.2, 0.25) is 0 Å². The average molecular weight is 239 g/mol. The van der Waals surface area contributed by atoms with Crippen LogP contribution in [0.2, 0.25) is 0 Å². The highest BCUT2D eigenvalue weighted by atomic mass is 14.9. The largest absolute Gasteiger partial charge is 0.311 e. The Morgan fingerprint density at radius 3 is 1.88 bits per heavy atom. The third-order valence-corrected chi connectivity index (χ3v) is 3.37. The molecule has 0 saturated heterocycles. The van der Waals surface area contributed by atoms with Gasteiger partial charge in [-0.1, -0.05) is 77.7 Å². The lowest BCUT2D eigenvalue weighted by atomic mass is 10.0. The van der Waals surface area contributed by atoms with Gasteiger partial charge in [0.05, 0.1) is 0 Å². The highest BCUT2D eigenvalue weighted by Gasteiger charge is 2.00. The Labute approximate surface area is 109 Å². The van der Waals surface area contributed by atoms with Crippen LogP contribution in [0, 0.1) is 0 Å². The molecule has 0 aromatic carbocycles. The molecule has 0 aliphatic carbocycles. The number of unbranched alkanes of at least 4 members (excludes halogenated alkanes) is 8. The molecule has 0 radical (unpaired) electrons. The zero-order valence-electron chi connectivity index (χ0n) is 12.1. The normalized spacial score (nSPS) is 12.6. The first kappa shape index (κ1) is 16.7. The highest BCUT2D eigenvalue weighted by Crippen LogP contribution is 2.11. The maximum absolute atomic E-state index is 3.87. The molecule has 0 saturated carbocycles. The lowest BCUT2D eigenvalue weighted by Crippen LogP contribution is -2.26. The fourth-order valence-electron chi connectivity index (χ4n) is 2.24. The van der Waals surface area contributed by atoms with Gasteiger partial charge in [0, 0.05) is 6.04 Å². The smallest absolute Gasteiger partial charge is 0.0247 e. The Bertz CT molecular complexity index is 154. The lowest BCUT2D eigenvalue weighted by Gasteiger charge is -2.12. The molecule has 0 spiro atoms. The van der Waals surface area contributed by atoms with Crippen LogP contribution in [0.4, 0.5) is 0 Å². The van der Waals surface area contributed by atoms with Crippen molar-refractivity contribution in [3.63, 3.8) is 0 Å². The van der Waals surface area contributed by atoms with E-state index in [4.69, 9.17) is 0 Å².